The first-order valence-electron chi connectivity index (χ1n) is 9.71. The van der Waals surface area contributed by atoms with E-state index in [1.54, 1.807) is 24.4 Å². The molecule has 3 aromatic rings. The normalized spacial score (nSPS) is 14.6. The molecule has 1 fully saturated rings. The number of rotatable bonds is 5. The molecule has 5 nitrogen and oxygen atoms in total. The number of nitrogens with zero attached hydrogens (tertiary/aromatic N) is 3. The number of Topliss-reactive ketones (excluding diaryl/α,β-unsaturated/α-hetero) is 1. The number of piperidine rings is 1. The third-order valence-corrected chi connectivity index (χ3v) is 5.14. The number of halogens is 1. The number of benzene rings is 2. The summed E-state index contributed by atoms with van der Waals surface area (Å²) < 4.78 is 18.7. The molecule has 0 aliphatic carbocycles. The zero-order chi connectivity index (χ0) is 20.2. The SMILES string of the molecule is Cc1ccc(C(=O)C2CCN(c3nccc(Oc4ccc(F)cc4)n3)CC2)cc1. The summed E-state index contributed by atoms with van der Waals surface area (Å²) in [6, 6.07) is 15.2. The minimum absolute atomic E-state index is 0.0209. The van der Waals surface area contributed by atoms with Gasteiger partial charge in [-0.1, -0.05) is 29.8 Å². The second-order valence-corrected chi connectivity index (χ2v) is 7.24. The largest absolute Gasteiger partial charge is 0.439 e. The van der Waals surface area contributed by atoms with Gasteiger partial charge in [0.05, 0.1) is 0 Å². The van der Waals surface area contributed by atoms with E-state index in [0.717, 1.165) is 24.0 Å². The predicted molar refractivity (Wildman–Crippen MR) is 109 cm³/mol. The van der Waals surface area contributed by atoms with Gasteiger partial charge in [0.25, 0.3) is 0 Å². The Kier molecular flexibility index (Phi) is 5.51. The summed E-state index contributed by atoms with van der Waals surface area (Å²) in [6.45, 7) is 3.44. The van der Waals surface area contributed by atoms with Crippen LogP contribution in [0.4, 0.5) is 10.3 Å². The van der Waals surface area contributed by atoms with Crippen molar-refractivity contribution in [1.82, 2.24) is 9.97 Å². The van der Waals surface area contributed by atoms with Gasteiger partial charge >= 0.3 is 0 Å². The fraction of sp³-hybridized carbons (Fsp3) is 0.261. The fourth-order valence-corrected chi connectivity index (χ4v) is 3.46. The Morgan fingerprint density at radius 2 is 1.72 bits per heavy atom. The van der Waals surface area contributed by atoms with Crippen molar-refractivity contribution in [2.45, 2.75) is 19.8 Å². The number of carbonyl (C=O) groups excluding carboxylic acids is 1. The number of anilines is 1. The van der Waals surface area contributed by atoms with Crippen LogP contribution in [0.5, 0.6) is 11.6 Å². The maximum Gasteiger partial charge on any atom is 0.228 e. The Morgan fingerprint density at radius 1 is 1.03 bits per heavy atom. The van der Waals surface area contributed by atoms with Crippen LogP contribution in [0, 0.1) is 18.7 Å². The average Bonchev–Trinajstić information content (AvgIpc) is 2.76. The molecule has 0 amide bonds. The molecule has 1 saturated heterocycles. The molecule has 2 aromatic carbocycles. The van der Waals surface area contributed by atoms with Gasteiger partial charge < -0.3 is 9.64 Å². The Bertz CT molecular complexity index is 982. The van der Waals surface area contributed by atoms with Crippen LogP contribution in [0.25, 0.3) is 0 Å². The monoisotopic (exact) mass is 391 g/mol. The van der Waals surface area contributed by atoms with E-state index in [0.29, 0.717) is 30.7 Å². The maximum absolute atomic E-state index is 13.0. The third kappa shape index (κ3) is 4.59. The van der Waals surface area contributed by atoms with E-state index < -0.39 is 0 Å². The van der Waals surface area contributed by atoms with E-state index in [1.807, 2.05) is 31.2 Å². The van der Waals surface area contributed by atoms with Crippen molar-refractivity contribution in [2.24, 2.45) is 5.92 Å². The van der Waals surface area contributed by atoms with Crippen LogP contribution >= 0.6 is 0 Å². The summed E-state index contributed by atoms with van der Waals surface area (Å²) in [6.07, 6.45) is 3.17. The van der Waals surface area contributed by atoms with E-state index in [-0.39, 0.29) is 17.5 Å². The topological polar surface area (TPSA) is 55.3 Å². The molecule has 29 heavy (non-hydrogen) atoms. The van der Waals surface area contributed by atoms with E-state index in [4.69, 9.17) is 4.74 Å². The molecular formula is C23H22FN3O2. The van der Waals surface area contributed by atoms with E-state index >= 15 is 0 Å². The van der Waals surface area contributed by atoms with Gasteiger partial charge in [0, 0.05) is 36.8 Å². The lowest BCUT2D eigenvalue weighted by molar-refractivity contribution is 0.0900. The van der Waals surface area contributed by atoms with Gasteiger partial charge in [-0.25, -0.2) is 9.37 Å². The van der Waals surface area contributed by atoms with Gasteiger partial charge in [0.2, 0.25) is 11.8 Å². The molecular weight excluding hydrogens is 369 g/mol. The highest BCUT2D eigenvalue weighted by molar-refractivity contribution is 5.98. The highest BCUT2D eigenvalue weighted by Crippen LogP contribution is 2.26. The lowest BCUT2D eigenvalue weighted by Gasteiger charge is -2.31. The first kappa shape index (κ1) is 19.1. The van der Waals surface area contributed by atoms with Gasteiger partial charge in [-0.2, -0.15) is 4.98 Å². The number of carbonyl (C=O) groups is 1. The Balaban J connectivity index is 1.39. The van der Waals surface area contributed by atoms with E-state index in [1.165, 1.54) is 12.1 Å². The molecule has 0 atom stereocenters. The zero-order valence-corrected chi connectivity index (χ0v) is 16.2. The maximum atomic E-state index is 13.0. The van der Waals surface area contributed by atoms with E-state index in [2.05, 4.69) is 14.9 Å². The summed E-state index contributed by atoms with van der Waals surface area (Å²) >= 11 is 0. The highest BCUT2D eigenvalue weighted by atomic mass is 19.1. The summed E-state index contributed by atoms with van der Waals surface area (Å²) in [7, 11) is 0. The smallest absolute Gasteiger partial charge is 0.228 e. The second-order valence-electron chi connectivity index (χ2n) is 7.24. The van der Waals surface area contributed by atoms with Crippen molar-refractivity contribution in [3.8, 4) is 11.6 Å². The Morgan fingerprint density at radius 3 is 2.41 bits per heavy atom. The number of ketones is 1. The van der Waals surface area contributed by atoms with E-state index in [9.17, 15) is 9.18 Å². The fourth-order valence-electron chi connectivity index (χ4n) is 3.46. The number of aryl methyl sites for hydroxylation is 1. The first-order valence-corrected chi connectivity index (χ1v) is 9.71. The molecule has 0 N–H and O–H groups in total. The summed E-state index contributed by atoms with van der Waals surface area (Å²) in [4.78, 5) is 23.6. The van der Waals surface area contributed by atoms with Gasteiger partial charge in [-0.15, -0.1) is 0 Å². The van der Waals surface area contributed by atoms with Crippen LogP contribution in [0.3, 0.4) is 0 Å². The summed E-state index contributed by atoms with van der Waals surface area (Å²) in [5.41, 5.74) is 1.93. The minimum atomic E-state index is -0.316. The van der Waals surface area contributed by atoms with Crippen molar-refractivity contribution in [2.75, 3.05) is 18.0 Å². The standard InChI is InChI=1S/C23H22FN3O2/c1-16-2-4-17(5-3-16)22(28)18-11-14-27(15-12-18)23-25-13-10-21(26-23)29-20-8-6-19(24)7-9-20/h2-10,13,18H,11-12,14-15H2,1H3. The molecule has 0 unspecified atom stereocenters. The van der Waals surface area contributed by atoms with Crippen molar-refractivity contribution in [1.29, 1.82) is 0 Å². The number of hydrogen-bond donors (Lipinski definition) is 0. The molecule has 1 aliphatic heterocycles. The summed E-state index contributed by atoms with van der Waals surface area (Å²) in [5, 5.41) is 0. The predicted octanol–water partition coefficient (Wildman–Crippen LogP) is 4.82. The molecule has 0 saturated carbocycles. The lowest BCUT2D eigenvalue weighted by atomic mass is 9.89. The number of ether oxygens (including phenoxy) is 1. The molecule has 0 spiro atoms. The third-order valence-electron chi connectivity index (χ3n) is 5.14. The molecule has 1 aromatic heterocycles. The van der Waals surface area contributed by atoms with Gasteiger partial charge in [-0.3, -0.25) is 4.79 Å². The molecule has 4 rings (SSSR count). The van der Waals surface area contributed by atoms with Crippen molar-refractivity contribution in [3.63, 3.8) is 0 Å². The molecule has 2 heterocycles. The molecule has 1 aliphatic rings. The highest BCUT2D eigenvalue weighted by Gasteiger charge is 2.27. The zero-order valence-electron chi connectivity index (χ0n) is 16.2. The molecule has 0 radical (unpaired) electrons. The minimum Gasteiger partial charge on any atom is -0.439 e. The van der Waals surface area contributed by atoms with Gasteiger partial charge in [-0.05, 0) is 44.0 Å². The van der Waals surface area contributed by atoms with Crippen LogP contribution in [0.1, 0.15) is 28.8 Å². The van der Waals surface area contributed by atoms with Crippen molar-refractivity contribution in [3.05, 3.63) is 77.7 Å². The van der Waals surface area contributed by atoms with Gasteiger partial charge in [0.15, 0.2) is 5.78 Å². The van der Waals surface area contributed by atoms with Crippen LogP contribution < -0.4 is 9.64 Å². The lowest BCUT2D eigenvalue weighted by Crippen LogP contribution is -2.37. The number of aromatic nitrogens is 2. The van der Waals surface area contributed by atoms with Crippen LogP contribution in [0.15, 0.2) is 60.8 Å². The summed E-state index contributed by atoms with van der Waals surface area (Å²) in [5.74, 6) is 1.40. The van der Waals surface area contributed by atoms with Crippen molar-refractivity contribution < 1.29 is 13.9 Å². The Hall–Kier alpha value is -3.28. The van der Waals surface area contributed by atoms with Crippen LogP contribution in [-0.4, -0.2) is 28.8 Å². The molecule has 148 valence electrons. The Labute approximate surface area is 169 Å². The average molecular weight is 391 g/mol. The second kappa shape index (κ2) is 8.39. The van der Waals surface area contributed by atoms with Crippen molar-refractivity contribution >= 4 is 11.7 Å². The van der Waals surface area contributed by atoms with Crippen LogP contribution in [0.2, 0.25) is 0 Å². The molecule has 6 heteroatoms. The van der Waals surface area contributed by atoms with Gasteiger partial charge in [0.1, 0.15) is 11.6 Å². The number of hydrogen-bond acceptors (Lipinski definition) is 5. The quantitative estimate of drug-likeness (QED) is 0.584. The first-order chi connectivity index (χ1) is 14.1. The van der Waals surface area contributed by atoms with Crippen LogP contribution in [-0.2, 0) is 0 Å². The molecule has 0 bridgehead atoms.